The number of alkyl halides is 3. The Hall–Kier alpha value is -2.59. The molecule has 0 N–H and O–H groups in total. The Morgan fingerprint density at radius 2 is 1.97 bits per heavy atom. The van der Waals surface area contributed by atoms with Gasteiger partial charge >= 0.3 is 6.18 Å². The highest BCUT2D eigenvalue weighted by atomic mass is 19.4. The number of aromatic nitrogens is 5. The van der Waals surface area contributed by atoms with Gasteiger partial charge in [0.2, 0.25) is 0 Å². The molecular weight excluding hydrogens is 409 g/mol. The number of hydrogen-bond donors (Lipinski definition) is 0. The second-order valence-corrected chi connectivity index (χ2v) is 7.94. The standard InChI is InChI=1S/C21H25F3N6O/c1-14-8-20-27-17(9-18(21(22,23)24)30(20)28-14)16-4-3-6-29(13-16)12-15-10-25-19(26-11-15)5-7-31-2/h8-11,16H,3-7,12-13H2,1-2H3. The summed E-state index contributed by atoms with van der Waals surface area (Å²) in [6.45, 7) is 4.41. The summed E-state index contributed by atoms with van der Waals surface area (Å²) < 4.78 is 46.8. The molecule has 0 saturated carbocycles. The van der Waals surface area contributed by atoms with Crippen LogP contribution in [0.3, 0.4) is 0 Å². The van der Waals surface area contributed by atoms with Crippen LogP contribution in [-0.4, -0.2) is 56.3 Å². The fourth-order valence-corrected chi connectivity index (χ4v) is 4.00. The topological polar surface area (TPSA) is 68.4 Å². The normalized spacial score (nSPS) is 18.0. The summed E-state index contributed by atoms with van der Waals surface area (Å²) in [6.07, 6.45) is 1.48. The third-order valence-electron chi connectivity index (χ3n) is 5.48. The largest absolute Gasteiger partial charge is 0.433 e. The Labute approximate surface area is 178 Å². The van der Waals surface area contributed by atoms with Gasteiger partial charge in [-0.15, -0.1) is 0 Å². The predicted octanol–water partition coefficient (Wildman–Crippen LogP) is 3.42. The van der Waals surface area contributed by atoms with E-state index in [1.165, 1.54) is 0 Å². The molecule has 1 aliphatic rings. The van der Waals surface area contributed by atoms with Crippen molar-refractivity contribution < 1.29 is 17.9 Å². The molecule has 4 rings (SSSR count). The Morgan fingerprint density at radius 3 is 2.68 bits per heavy atom. The minimum Gasteiger partial charge on any atom is -0.384 e. The second-order valence-electron chi connectivity index (χ2n) is 7.94. The zero-order valence-electron chi connectivity index (χ0n) is 17.6. The van der Waals surface area contributed by atoms with Crippen LogP contribution in [0.25, 0.3) is 5.65 Å². The number of methoxy groups -OCH3 is 1. The summed E-state index contributed by atoms with van der Waals surface area (Å²) in [4.78, 5) is 15.5. The molecule has 0 aromatic carbocycles. The number of ether oxygens (including phenoxy) is 1. The van der Waals surface area contributed by atoms with Gasteiger partial charge in [-0.05, 0) is 32.4 Å². The Kier molecular flexibility index (Phi) is 6.19. The summed E-state index contributed by atoms with van der Waals surface area (Å²) >= 11 is 0. The predicted molar refractivity (Wildman–Crippen MR) is 108 cm³/mol. The molecule has 0 radical (unpaired) electrons. The molecule has 1 aliphatic heterocycles. The molecule has 0 bridgehead atoms. The first-order chi connectivity index (χ1) is 14.8. The number of nitrogens with zero attached hydrogens (tertiary/aromatic N) is 6. The number of piperidine rings is 1. The maximum atomic E-state index is 13.6. The molecule has 1 saturated heterocycles. The zero-order chi connectivity index (χ0) is 22.0. The quantitative estimate of drug-likeness (QED) is 0.592. The van der Waals surface area contributed by atoms with Crippen LogP contribution in [0.2, 0.25) is 0 Å². The number of aryl methyl sites for hydroxylation is 1. The van der Waals surface area contributed by atoms with Crippen LogP contribution in [0.5, 0.6) is 0 Å². The monoisotopic (exact) mass is 434 g/mol. The number of hydrogen-bond acceptors (Lipinski definition) is 6. The fourth-order valence-electron chi connectivity index (χ4n) is 4.00. The van der Waals surface area contributed by atoms with Crippen molar-refractivity contribution in [1.29, 1.82) is 0 Å². The lowest BCUT2D eigenvalue weighted by atomic mass is 9.93. The van der Waals surface area contributed by atoms with Gasteiger partial charge in [-0.2, -0.15) is 18.3 Å². The van der Waals surface area contributed by atoms with Gasteiger partial charge in [-0.1, -0.05) is 0 Å². The number of halogens is 3. The molecule has 4 heterocycles. The Morgan fingerprint density at radius 1 is 1.19 bits per heavy atom. The lowest BCUT2D eigenvalue weighted by molar-refractivity contribution is -0.142. The Bertz CT molecular complexity index is 1030. The van der Waals surface area contributed by atoms with Crippen molar-refractivity contribution in [3.05, 3.63) is 53.0 Å². The highest BCUT2D eigenvalue weighted by molar-refractivity contribution is 5.43. The van der Waals surface area contributed by atoms with Crippen molar-refractivity contribution in [3.8, 4) is 0 Å². The van der Waals surface area contributed by atoms with Crippen LogP contribution in [-0.2, 0) is 23.9 Å². The van der Waals surface area contributed by atoms with E-state index in [0.29, 0.717) is 37.5 Å². The number of likely N-dealkylation sites (tertiary alicyclic amines) is 1. The second kappa shape index (κ2) is 8.88. The lowest BCUT2D eigenvalue weighted by Gasteiger charge is -2.32. The first-order valence-corrected chi connectivity index (χ1v) is 10.3. The fraction of sp³-hybridized carbons (Fsp3) is 0.524. The average molecular weight is 434 g/mol. The Balaban J connectivity index is 1.51. The average Bonchev–Trinajstić information content (AvgIpc) is 3.12. The molecule has 31 heavy (non-hydrogen) atoms. The van der Waals surface area contributed by atoms with Crippen molar-refractivity contribution in [1.82, 2.24) is 29.5 Å². The molecule has 3 aromatic rings. The van der Waals surface area contributed by atoms with E-state index in [-0.39, 0.29) is 11.6 Å². The first kappa shape index (κ1) is 21.6. The van der Waals surface area contributed by atoms with Crippen molar-refractivity contribution in [3.63, 3.8) is 0 Å². The molecule has 166 valence electrons. The van der Waals surface area contributed by atoms with Crippen molar-refractivity contribution in [2.75, 3.05) is 26.8 Å². The zero-order valence-corrected chi connectivity index (χ0v) is 17.6. The van der Waals surface area contributed by atoms with Gasteiger partial charge in [-0.3, -0.25) is 4.90 Å². The van der Waals surface area contributed by atoms with Crippen LogP contribution in [0.15, 0.2) is 24.5 Å². The molecular formula is C21H25F3N6O. The molecule has 3 aromatic heterocycles. The maximum absolute atomic E-state index is 13.6. The lowest BCUT2D eigenvalue weighted by Crippen LogP contribution is -2.34. The summed E-state index contributed by atoms with van der Waals surface area (Å²) in [5.41, 5.74) is 1.41. The van der Waals surface area contributed by atoms with Crippen LogP contribution in [0.1, 0.15) is 47.2 Å². The van der Waals surface area contributed by atoms with E-state index in [9.17, 15) is 13.2 Å². The summed E-state index contributed by atoms with van der Waals surface area (Å²) in [7, 11) is 1.64. The summed E-state index contributed by atoms with van der Waals surface area (Å²) in [5.74, 6) is 0.660. The van der Waals surface area contributed by atoms with Gasteiger partial charge in [0.1, 0.15) is 11.5 Å². The molecule has 1 fully saturated rings. The van der Waals surface area contributed by atoms with Gasteiger partial charge in [-0.25, -0.2) is 19.5 Å². The smallest absolute Gasteiger partial charge is 0.384 e. The SMILES string of the molecule is COCCc1ncc(CN2CCCC(c3cc(C(F)(F)F)n4nc(C)cc4n3)C2)cn1. The molecule has 0 aliphatic carbocycles. The van der Waals surface area contributed by atoms with Crippen molar-refractivity contribution >= 4 is 5.65 Å². The number of fused-ring (bicyclic) bond motifs is 1. The molecule has 10 heteroatoms. The highest BCUT2D eigenvalue weighted by Crippen LogP contribution is 2.33. The van der Waals surface area contributed by atoms with Crippen LogP contribution in [0, 0.1) is 6.92 Å². The summed E-state index contributed by atoms with van der Waals surface area (Å²) in [5, 5.41) is 3.96. The molecule has 7 nitrogen and oxygen atoms in total. The van der Waals surface area contributed by atoms with E-state index in [0.717, 1.165) is 41.4 Å². The first-order valence-electron chi connectivity index (χ1n) is 10.3. The molecule has 0 amide bonds. The highest BCUT2D eigenvalue weighted by Gasteiger charge is 2.36. The van der Waals surface area contributed by atoms with Crippen LogP contribution in [0.4, 0.5) is 13.2 Å². The van der Waals surface area contributed by atoms with Crippen LogP contribution < -0.4 is 0 Å². The van der Waals surface area contributed by atoms with E-state index >= 15 is 0 Å². The van der Waals surface area contributed by atoms with Gasteiger partial charge < -0.3 is 4.74 Å². The van der Waals surface area contributed by atoms with Gasteiger partial charge in [0, 0.05) is 62.3 Å². The van der Waals surface area contributed by atoms with E-state index < -0.39 is 11.9 Å². The third-order valence-corrected chi connectivity index (χ3v) is 5.48. The van der Waals surface area contributed by atoms with Crippen molar-refractivity contribution in [2.45, 2.75) is 44.8 Å². The van der Waals surface area contributed by atoms with E-state index in [1.807, 2.05) is 12.4 Å². The molecule has 1 atom stereocenters. The third kappa shape index (κ3) is 5.01. The van der Waals surface area contributed by atoms with E-state index in [1.54, 1.807) is 20.1 Å². The minimum atomic E-state index is -4.50. The van der Waals surface area contributed by atoms with E-state index in [4.69, 9.17) is 4.74 Å². The molecule has 1 unspecified atom stereocenters. The minimum absolute atomic E-state index is 0.0723. The van der Waals surface area contributed by atoms with Gasteiger partial charge in [0.25, 0.3) is 0 Å². The summed E-state index contributed by atoms with van der Waals surface area (Å²) in [6, 6.07) is 2.74. The van der Waals surface area contributed by atoms with E-state index in [2.05, 4.69) is 25.0 Å². The van der Waals surface area contributed by atoms with Gasteiger partial charge in [0.05, 0.1) is 12.3 Å². The van der Waals surface area contributed by atoms with Gasteiger partial charge in [0.15, 0.2) is 5.65 Å². The maximum Gasteiger partial charge on any atom is 0.433 e. The van der Waals surface area contributed by atoms with Crippen LogP contribution >= 0.6 is 0 Å². The number of rotatable bonds is 6. The molecule has 0 spiro atoms. The van der Waals surface area contributed by atoms with Crippen molar-refractivity contribution in [2.24, 2.45) is 0 Å².